The molecule has 0 aromatic heterocycles. The van der Waals surface area contributed by atoms with Crippen molar-refractivity contribution in [3.05, 3.63) is 29.8 Å². The van der Waals surface area contributed by atoms with Crippen molar-refractivity contribution in [2.24, 2.45) is 0 Å². The quantitative estimate of drug-likeness (QED) is 0.332. The number of hydrogen-bond acceptors (Lipinski definition) is 3. The van der Waals surface area contributed by atoms with Gasteiger partial charge in [-0.15, -0.1) is 0 Å². The Kier molecular flexibility index (Phi) is 6.53. The van der Waals surface area contributed by atoms with E-state index < -0.39 is 53.5 Å². The van der Waals surface area contributed by atoms with Crippen LogP contribution in [0.25, 0.3) is 0 Å². The second-order valence-electron chi connectivity index (χ2n) is 5.54. The second kappa shape index (κ2) is 7.49. The van der Waals surface area contributed by atoms with Crippen LogP contribution < -0.4 is 0 Å². The molecule has 3 nitrogen and oxygen atoms in total. The molecule has 1 aromatic carbocycles. The second-order valence-corrected chi connectivity index (χ2v) is 7.16. The number of alkyl halides is 9. The monoisotopic (exact) mass is 432 g/mol. The number of rotatable bonds is 8. The van der Waals surface area contributed by atoms with E-state index in [2.05, 4.69) is 4.18 Å². The summed E-state index contributed by atoms with van der Waals surface area (Å²) in [5.41, 5.74) is 0.682. The van der Waals surface area contributed by atoms with Crippen LogP contribution in [-0.4, -0.2) is 39.0 Å². The van der Waals surface area contributed by atoms with E-state index in [0.29, 0.717) is 5.56 Å². The molecule has 0 aliphatic heterocycles. The Morgan fingerprint density at radius 1 is 0.852 bits per heavy atom. The van der Waals surface area contributed by atoms with Gasteiger partial charge in [-0.1, -0.05) is 17.7 Å². The molecule has 0 unspecified atom stereocenters. The van der Waals surface area contributed by atoms with Crippen LogP contribution in [0.15, 0.2) is 29.2 Å². The average Bonchev–Trinajstić information content (AvgIpc) is 2.50. The van der Waals surface area contributed by atoms with Crippen LogP contribution in [0.2, 0.25) is 0 Å². The fraction of sp³-hybridized carbons (Fsp3) is 0.571. The maximum Gasteiger partial charge on any atom is 0.460 e. The number of benzene rings is 1. The summed E-state index contributed by atoms with van der Waals surface area (Å²) in [5, 5.41) is 0. The molecule has 0 bridgehead atoms. The van der Waals surface area contributed by atoms with E-state index in [1.165, 1.54) is 12.1 Å². The van der Waals surface area contributed by atoms with Gasteiger partial charge in [0.15, 0.2) is 0 Å². The zero-order valence-electron chi connectivity index (χ0n) is 13.5. The normalized spacial score (nSPS) is 14.4. The smallest absolute Gasteiger partial charge is 0.266 e. The molecular weight excluding hydrogens is 419 g/mol. The van der Waals surface area contributed by atoms with Gasteiger partial charge in [0.25, 0.3) is 10.1 Å². The molecule has 0 saturated heterocycles. The van der Waals surface area contributed by atoms with Crippen molar-refractivity contribution in [1.82, 2.24) is 0 Å². The van der Waals surface area contributed by atoms with Gasteiger partial charge in [0.05, 0.1) is 11.5 Å². The van der Waals surface area contributed by atoms with E-state index in [1.807, 2.05) is 0 Å². The van der Waals surface area contributed by atoms with E-state index in [-0.39, 0.29) is 4.90 Å². The van der Waals surface area contributed by atoms with Crippen LogP contribution in [0.4, 0.5) is 39.5 Å². The highest BCUT2D eigenvalue weighted by molar-refractivity contribution is 7.86. The van der Waals surface area contributed by atoms with Crippen molar-refractivity contribution in [2.75, 3.05) is 6.61 Å². The lowest BCUT2D eigenvalue weighted by molar-refractivity contribution is -0.396. The topological polar surface area (TPSA) is 43.4 Å². The zero-order chi connectivity index (χ0) is 21.3. The summed E-state index contributed by atoms with van der Waals surface area (Å²) in [7, 11) is -4.44. The summed E-state index contributed by atoms with van der Waals surface area (Å²) >= 11 is 0. The van der Waals surface area contributed by atoms with Crippen molar-refractivity contribution < 1.29 is 52.1 Å². The Bertz CT molecular complexity index is 740. The minimum atomic E-state index is -6.97. The van der Waals surface area contributed by atoms with Gasteiger partial charge in [-0.2, -0.15) is 47.9 Å². The van der Waals surface area contributed by atoms with E-state index in [4.69, 9.17) is 0 Å². The Labute approximate surface area is 148 Å². The van der Waals surface area contributed by atoms with E-state index in [0.717, 1.165) is 12.1 Å². The van der Waals surface area contributed by atoms with Gasteiger partial charge in [-0.25, -0.2) is 0 Å². The summed E-state index contributed by atoms with van der Waals surface area (Å²) in [4.78, 5) is -0.381. The van der Waals surface area contributed by atoms with Crippen molar-refractivity contribution in [1.29, 1.82) is 0 Å². The lowest BCUT2D eigenvalue weighted by Gasteiger charge is -2.33. The molecule has 1 rings (SSSR count). The summed E-state index contributed by atoms with van der Waals surface area (Å²) in [6.45, 7) is 0.510. The largest absolute Gasteiger partial charge is 0.460 e. The van der Waals surface area contributed by atoms with Gasteiger partial charge in [0.2, 0.25) is 0 Å². The molecule has 0 atom stereocenters. The highest BCUT2D eigenvalue weighted by Crippen LogP contribution is 2.54. The first-order valence-corrected chi connectivity index (χ1v) is 8.53. The Hall–Kier alpha value is -1.50. The molecule has 0 radical (unpaired) electrons. The fourth-order valence-corrected chi connectivity index (χ4v) is 2.74. The molecule has 0 saturated carbocycles. The molecule has 0 heterocycles. The first kappa shape index (κ1) is 23.5. The van der Waals surface area contributed by atoms with E-state index in [9.17, 15) is 47.9 Å². The SMILES string of the molecule is Cc1ccc(S(=O)(=O)OCCCC(F)(F)C(F)(F)C(F)(F)C(F)(F)F)cc1. The third kappa shape index (κ3) is 4.86. The van der Waals surface area contributed by atoms with E-state index in [1.54, 1.807) is 6.92 Å². The van der Waals surface area contributed by atoms with Crippen molar-refractivity contribution in [3.8, 4) is 0 Å². The van der Waals surface area contributed by atoms with Crippen LogP contribution >= 0.6 is 0 Å². The first-order chi connectivity index (χ1) is 12.0. The van der Waals surface area contributed by atoms with Crippen LogP contribution in [0.5, 0.6) is 0 Å². The van der Waals surface area contributed by atoms with Crippen LogP contribution in [0.1, 0.15) is 18.4 Å². The van der Waals surface area contributed by atoms with Gasteiger partial charge >= 0.3 is 23.9 Å². The third-order valence-electron chi connectivity index (χ3n) is 3.39. The molecule has 0 spiro atoms. The predicted molar refractivity (Wildman–Crippen MR) is 74.4 cm³/mol. The van der Waals surface area contributed by atoms with Gasteiger partial charge in [-0.3, -0.25) is 4.18 Å². The summed E-state index contributed by atoms with van der Waals surface area (Å²) in [6.07, 6.45) is -10.3. The van der Waals surface area contributed by atoms with Gasteiger partial charge < -0.3 is 0 Å². The van der Waals surface area contributed by atoms with Gasteiger partial charge in [0.1, 0.15) is 0 Å². The summed E-state index contributed by atoms with van der Waals surface area (Å²) < 4.78 is 142. The standard InChI is InChI=1S/C14H13F9O3S/c1-9-3-5-10(6-4-9)27(24,25)26-8-2-7-11(15,16)12(17,18)13(19,20)14(21,22)23/h3-6H,2,7-8H2,1H3. The summed E-state index contributed by atoms with van der Waals surface area (Å²) in [6, 6.07) is 4.98. The highest BCUT2D eigenvalue weighted by Gasteiger charge is 2.81. The molecule has 0 aliphatic carbocycles. The summed E-state index contributed by atoms with van der Waals surface area (Å²) in [5.74, 6) is -19.5. The molecule has 0 aliphatic rings. The molecule has 13 heteroatoms. The molecule has 27 heavy (non-hydrogen) atoms. The Balaban J connectivity index is 2.76. The Morgan fingerprint density at radius 2 is 1.33 bits per heavy atom. The van der Waals surface area contributed by atoms with Crippen LogP contribution in [0, 0.1) is 6.92 Å². The molecule has 156 valence electrons. The Morgan fingerprint density at radius 3 is 1.78 bits per heavy atom. The zero-order valence-corrected chi connectivity index (χ0v) is 14.3. The molecule has 0 N–H and O–H groups in total. The number of aryl methyl sites for hydroxylation is 1. The lowest BCUT2D eigenvalue weighted by Crippen LogP contribution is -2.60. The van der Waals surface area contributed by atoms with Crippen molar-refractivity contribution >= 4 is 10.1 Å². The number of halogens is 9. The fourth-order valence-electron chi connectivity index (χ4n) is 1.80. The maximum atomic E-state index is 13.3. The minimum Gasteiger partial charge on any atom is -0.266 e. The lowest BCUT2D eigenvalue weighted by atomic mass is 10.00. The molecule has 0 amide bonds. The average molecular weight is 432 g/mol. The first-order valence-electron chi connectivity index (χ1n) is 7.12. The highest BCUT2D eigenvalue weighted by atomic mass is 32.2. The molecule has 0 fully saturated rings. The minimum absolute atomic E-state index is 0.381. The third-order valence-corrected chi connectivity index (χ3v) is 4.72. The van der Waals surface area contributed by atoms with Crippen LogP contribution in [0.3, 0.4) is 0 Å². The number of hydrogen-bond donors (Lipinski definition) is 0. The van der Waals surface area contributed by atoms with E-state index >= 15 is 0 Å². The van der Waals surface area contributed by atoms with Crippen molar-refractivity contribution in [2.45, 2.75) is 48.6 Å². The predicted octanol–water partition coefficient (Wildman–Crippen LogP) is 4.95. The van der Waals surface area contributed by atoms with Gasteiger partial charge in [-0.05, 0) is 25.5 Å². The van der Waals surface area contributed by atoms with Crippen molar-refractivity contribution in [3.63, 3.8) is 0 Å². The van der Waals surface area contributed by atoms with Gasteiger partial charge in [0, 0.05) is 6.42 Å². The maximum absolute atomic E-state index is 13.3. The van der Waals surface area contributed by atoms with Crippen LogP contribution in [-0.2, 0) is 14.3 Å². The molecular formula is C14H13F9O3S. The molecule has 1 aromatic rings.